The Kier molecular flexibility index (Phi) is 8.39. The molecule has 1 fully saturated rings. The van der Waals surface area contributed by atoms with Crippen molar-refractivity contribution in [2.45, 2.75) is 50.5 Å². The lowest BCUT2D eigenvalue weighted by Crippen LogP contribution is -2.48. The molecule has 2 aliphatic heterocycles. The number of anilines is 1. The summed E-state index contributed by atoms with van der Waals surface area (Å²) in [5.74, 6) is -0.915. The molecule has 3 heterocycles. The fraction of sp³-hybridized carbons (Fsp3) is 0.379. The average molecular weight is 584 g/mol. The number of sulfonamides is 1. The molecule has 11 heteroatoms. The van der Waals surface area contributed by atoms with Gasteiger partial charge in [0, 0.05) is 43.2 Å². The number of methoxy groups -OCH3 is 1. The van der Waals surface area contributed by atoms with Crippen LogP contribution in [0.1, 0.15) is 50.6 Å². The largest absolute Gasteiger partial charge is 0.465 e. The molecule has 40 heavy (non-hydrogen) atoms. The van der Waals surface area contributed by atoms with Gasteiger partial charge in [-0.15, -0.1) is 11.3 Å². The number of morpholine rings is 1. The molecule has 2 aliphatic rings. The van der Waals surface area contributed by atoms with Gasteiger partial charge in [-0.1, -0.05) is 30.3 Å². The number of carbonyl (C=O) groups is 2. The number of hydrogen-bond acceptors (Lipinski definition) is 8. The molecular formula is C29H33N3O6S2. The zero-order valence-corrected chi connectivity index (χ0v) is 24.4. The van der Waals surface area contributed by atoms with E-state index in [1.54, 1.807) is 0 Å². The quantitative estimate of drug-likeness (QED) is 0.417. The van der Waals surface area contributed by atoms with Crippen LogP contribution in [0, 0.1) is 0 Å². The summed E-state index contributed by atoms with van der Waals surface area (Å²) >= 11 is 1.38. The van der Waals surface area contributed by atoms with E-state index in [1.165, 1.54) is 52.6 Å². The first kappa shape index (κ1) is 28.4. The van der Waals surface area contributed by atoms with E-state index < -0.39 is 21.9 Å². The van der Waals surface area contributed by atoms with Crippen molar-refractivity contribution in [1.29, 1.82) is 0 Å². The van der Waals surface area contributed by atoms with Crippen LogP contribution in [0.5, 0.6) is 0 Å². The van der Waals surface area contributed by atoms with Gasteiger partial charge in [0.2, 0.25) is 10.0 Å². The maximum atomic E-state index is 13.2. The number of thiophene rings is 1. The molecule has 0 unspecified atom stereocenters. The first-order valence-electron chi connectivity index (χ1n) is 13.2. The minimum Gasteiger partial charge on any atom is -0.465 e. The first-order chi connectivity index (χ1) is 19.2. The van der Waals surface area contributed by atoms with Crippen molar-refractivity contribution in [2.75, 3.05) is 32.1 Å². The number of esters is 1. The number of amides is 1. The highest BCUT2D eigenvalue weighted by atomic mass is 32.2. The van der Waals surface area contributed by atoms with Crippen LogP contribution in [0.4, 0.5) is 5.00 Å². The molecule has 9 nitrogen and oxygen atoms in total. The second-order valence-electron chi connectivity index (χ2n) is 10.2. The minimum absolute atomic E-state index is 0.116. The standard InChI is InChI=1S/C29H33N3O6S2/c1-19-15-32(16-20(2)38-19)40(35,36)23-11-9-22(10-12-23)27(33)30-28-26(29(34)37-3)24-13-14-31(18-25(24)39-28)17-21-7-5-4-6-8-21/h4-12,19-20H,13-18H2,1-3H3,(H,30,33)/t19-,20-/m0/s1. The Morgan fingerprint density at radius 1 is 1.05 bits per heavy atom. The van der Waals surface area contributed by atoms with E-state index in [1.807, 2.05) is 32.0 Å². The molecule has 1 amide bonds. The molecule has 1 N–H and O–H groups in total. The number of rotatable bonds is 7. The van der Waals surface area contributed by atoms with Crippen LogP contribution >= 0.6 is 11.3 Å². The van der Waals surface area contributed by atoms with Crippen LogP contribution < -0.4 is 5.32 Å². The number of benzene rings is 2. The molecule has 1 saturated heterocycles. The van der Waals surface area contributed by atoms with Crippen molar-refractivity contribution in [3.8, 4) is 0 Å². The topological polar surface area (TPSA) is 105 Å². The van der Waals surface area contributed by atoms with E-state index in [9.17, 15) is 18.0 Å². The highest BCUT2D eigenvalue weighted by Crippen LogP contribution is 2.38. The summed E-state index contributed by atoms with van der Waals surface area (Å²) in [6, 6.07) is 16.1. The van der Waals surface area contributed by atoms with Crippen LogP contribution in [0.2, 0.25) is 0 Å². The van der Waals surface area contributed by atoms with E-state index in [2.05, 4.69) is 22.3 Å². The van der Waals surface area contributed by atoms with Gasteiger partial charge in [-0.2, -0.15) is 4.31 Å². The molecular weight excluding hydrogens is 550 g/mol. The van der Waals surface area contributed by atoms with Gasteiger partial charge in [-0.3, -0.25) is 9.69 Å². The Hall–Kier alpha value is -3.09. The highest BCUT2D eigenvalue weighted by molar-refractivity contribution is 7.89. The number of nitrogens with one attached hydrogen (secondary N) is 1. The minimum atomic E-state index is -3.72. The second kappa shape index (κ2) is 11.8. The number of nitrogens with zero attached hydrogens (tertiary/aromatic N) is 2. The predicted molar refractivity (Wildman–Crippen MR) is 153 cm³/mol. The zero-order chi connectivity index (χ0) is 28.4. The molecule has 2 atom stereocenters. The molecule has 0 radical (unpaired) electrons. The van der Waals surface area contributed by atoms with E-state index in [0.717, 1.165) is 23.5 Å². The van der Waals surface area contributed by atoms with Crippen LogP contribution in [0.25, 0.3) is 0 Å². The fourth-order valence-corrected chi connectivity index (χ4v) is 8.13. The van der Waals surface area contributed by atoms with Crippen molar-refractivity contribution in [1.82, 2.24) is 9.21 Å². The van der Waals surface area contributed by atoms with Crippen LogP contribution in [-0.2, 0) is 39.0 Å². The van der Waals surface area contributed by atoms with Gasteiger partial charge in [-0.25, -0.2) is 13.2 Å². The second-order valence-corrected chi connectivity index (χ2v) is 13.2. The van der Waals surface area contributed by atoms with Crippen molar-refractivity contribution in [3.63, 3.8) is 0 Å². The van der Waals surface area contributed by atoms with Gasteiger partial charge >= 0.3 is 5.97 Å². The first-order valence-corrected chi connectivity index (χ1v) is 15.5. The van der Waals surface area contributed by atoms with Crippen molar-refractivity contribution < 1.29 is 27.5 Å². The lowest BCUT2D eigenvalue weighted by molar-refractivity contribution is -0.0440. The van der Waals surface area contributed by atoms with Gasteiger partial charge in [0.15, 0.2) is 0 Å². The molecule has 5 rings (SSSR count). The lowest BCUT2D eigenvalue weighted by atomic mass is 10.0. The fourth-order valence-electron chi connectivity index (χ4n) is 5.27. The summed E-state index contributed by atoms with van der Waals surface area (Å²) < 4.78 is 38.5. The number of hydrogen-bond donors (Lipinski definition) is 1. The van der Waals surface area contributed by atoms with Gasteiger partial charge in [0.25, 0.3) is 5.91 Å². The Morgan fingerprint density at radius 2 is 1.73 bits per heavy atom. The summed E-state index contributed by atoms with van der Waals surface area (Å²) in [7, 11) is -2.39. The van der Waals surface area contributed by atoms with Crippen LogP contribution in [0.3, 0.4) is 0 Å². The average Bonchev–Trinajstić information content (AvgIpc) is 3.29. The molecule has 0 aliphatic carbocycles. The molecule has 0 bridgehead atoms. The zero-order valence-electron chi connectivity index (χ0n) is 22.8. The molecule has 0 saturated carbocycles. The third-order valence-electron chi connectivity index (χ3n) is 7.14. The van der Waals surface area contributed by atoms with Gasteiger partial charge < -0.3 is 14.8 Å². The summed E-state index contributed by atoms with van der Waals surface area (Å²) in [6.07, 6.45) is 0.272. The normalized spacial score (nSPS) is 20.1. The summed E-state index contributed by atoms with van der Waals surface area (Å²) in [5, 5.41) is 3.32. The van der Waals surface area contributed by atoms with Crippen LogP contribution in [-0.4, -0.2) is 68.5 Å². The van der Waals surface area contributed by atoms with E-state index in [-0.39, 0.29) is 35.8 Å². The van der Waals surface area contributed by atoms with Crippen LogP contribution in [0.15, 0.2) is 59.5 Å². The number of fused-ring (bicyclic) bond motifs is 1. The van der Waals surface area contributed by atoms with Gasteiger partial charge in [-0.05, 0) is 55.7 Å². The lowest BCUT2D eigenvalue weighted by Gasteiger charge is -2.34. The molecule has 1 aromatic heterocycles. The SMILES string of the molecule is COC(=O)c1c(NC(=O)c2ccc(S(=O)(=O)N3C[C@H](C)O[C@@H](C)C3)cc2)sc2c1CCN(Cc1ccccc1)C2. The third-order valence-corrected chi connectivity index (χ3v) is 10.1. The van der Waals surface area contributed by atoms with Crippen molar-refractivity contribution in [3.05, 3.63) is 81.7 Å². The van der Waals surface area contributed by atoms with Crippen molar-refractivity contribution in [2.24, 2.45) is 0 Å². The van der Waals surface area contributed by atoms with E-state index >= 15 is 0 Å². The van der Waals surface area contributed by atoms with Gasteiger partial charge in [0.1, 0.15) is 5.00 Å². The molecule has 0 spiro atoms. The van der Waals surface area contributed by atoms with E-state index in [4.69, 9.17) is 9.47 Å². The summed E-state index contributed by atoms with van der Waals surface area (Å²) in [6.45, 7) is 6.49. The summed E-state index contributed by atoms with van der Waals surface area (Å²) in [4.78, 5) is 29.4. The maximum Gasteiger partial charge on any atom is 0.341 e. The Bertz CT molecular complexity index is 1480. The predicted octanol–water partition coefficient (Wildman–Crippen LogP) is 4.14. The van der Waals surface area contributed by atoms with Crippen molar-refractivity contribution >= 4 is 38.2 Å². The number of ether oxygens (including phenoxy) is 2. The molecule has 212 valence electrons. The Labute approximate surface area is 238 Å². The Balaban J connectivity index is 1.33. The molecule has 3 aromatic rings. The molecule has 2 aromatic carbocycles. The number of carbonyl (C=O) groups excluding carboxylic acids is 2. The summed E-state index contributed by atoms with van der Waals surface area (Å²) in [5.41, 5.74) is 2.81. The smallest absolute Gasteiger partial charge is 0.341 e. The monoisotopic (exact) mass is 583 g/mol. The maximum absolute atomic E-state index is 13.2. The van der Waals surface area contributed by atoms with Gasteiger partial charge in [0.05, 0.1) is 29.8 Å². The van der Waals surface area contributed by atoms with E-state index in [0.29, 0.717) is 23.5 Å². The third kappa shape index (κ3) is 5.98. The highest BCUT2D eigenvalue weighted by Gasteiger charge is 2.33. The Morgan fingerprint density at radius 3 is 2.38 bits per heavy atom.